The van der Waals surface area contributed by atoms with Gasteiger partial charge in [-0.3, -0.25) is 4.79 Å². The van der Waals surface area contributed by atoms with Crippen LogP contribution in [0.25, 0.3) is 0 Å². The number of aryl methyl sites for hydroxylation is 1. The van der Waals surface area contributed by atoms with Crippen LogP contribution >= 0.6 is 15.9 Å². The largest absolute Gasteiger partial charge is 0.335 e. The van der Waals surface area contributed by atoms with Crippen LogP contribution in [0.4, 0.5) is 0 Å². The van der Waals surface area contributed by atoms with E-state index < -0.39 is 0 Å². The number of nitrogens with zero attached hydrogens (tertiary/aromatic N) is 1. The van der Waals surface area contributed by atoms with Gasteiger partial charge < -0.3 is 10.2 Å². The van der Waals surface area contributed by atoms with Gasteiger partial charge in [0.25, 0.3) is 5.91 Å². The van der Waals surface area contributed by atoms with Gasteiger partial charge in [-0.2, -0.15) is 0 Å². The zero-order valence-corrected chi connectivity index (χ0v) is 14.2. The van der Waals surface area contributed by atoms with Gasteiger partial charge in [-0.15, -0.1) is 0 Å². The standard InChI is InChI=1S/C17H23BrN2O/c1-12-2-5-15(16(18)10-12)17(21)20(14-3-4-14)11-13-6-8-19-9-7-13/h2,5,10,13-14,19H,3-4,6-9,11H2,1H3. The maximum absolute atomic E-state index is 12.9. The highest BCUT2D eigenvalue weighted by atomic mass is 79.9. The summed E-state index contributed by atoms with van der Waals surface area (Å²) in [6.45, 7) is 5.15. The Morgan fingerprint density at radius 2 is 2.00 bits per heavy atom. The van der Waals surface area contributed by atoms with E-state index in [0.717, 1.165) is 29.7 Å². The quantitative estimate of drug-likeness (QED) is 0.902. The lowest BCUT2D eigenvalue weighted by Gasteiger charge is -2.30. The zero-order valence-electron chi connectivity index (χ0n) is 12.6. The van der Waals surface area contributed by atoms with Gasteiger partial charge in [-0.05, 0) is 85.2 Å². The van der Waals surface area contributed by atoms with Crippen LogP contribution in [-0.2, 0) is 0 Å². The molecule has 0 spiro atoms. The molecule has 0 bridgehead atoms. The fraction of sp³-hybridized carbons (Fsp3) is 0.588. The number of rotatable bonds is 4. The number of piperidine rings is 1. The van der Waals surface area contributed by atoms with Crippen LogP contribution in [0.2, 0.25) is 0 Å². The van der Waals surface area contributed by atoms with Gasteiger partial charge >= 0.3 is 0 Å². The molecule has 0 aromatic heterocycles. The van der Waals surface area contributed by atoms with Crippen molar-refractivity contribution < 1.29 is 4.79 Å². The second-order valence-electron chi connectivity index (χ2n) is 6.37. The van der Waals surface area contributed by atoms with E-state index in [-0.39, 0.29) is 5.91 Å². The van der Waals surface area contributed by atoms with E-state index in [9.17, 15) is 4.79 Å². The molecule has 1 heterocycles. The summed E-state index contributed by atoms with van der Waals surface area (Å²) in [5.74, 6) is 0.850. The minimum Gasteiger partial charge on any atom is -0.335 e. The number of carbonyl (C=O) groups is 1. The van der Waals surface area contributed by atoms with Gasteiger partial charge in [-0.25, -0.2) is 0 Å². The van der Waals surface area contributed by atoms with Crippen molar-refractivity contribution in [3.63, 3.8) is 0 Å². The van der Waals surface area contributed by atoms with Crippen molar-refractivity contribution in [1.29, 1.82) is 0 Å². The molecule has 1 aromatic carbocycles. The molecule has 1 amide bonds. The van der Waals surface area contributed by atoms with E-state index in [2.05, 4.69) is 26.1 Å². The summed E-state index contributed by atoms with van der Waals surface area (Å²) in [6, 6.07) is 6.48. The number of hydrogen-bond acceptors (Lipinski definition) is 2. The smallest absolute Gasteiger partial charge is 0.255 e. The summed E-state index contributed by atoms with van der Waals surface area (Å²) in [4.78, 5) is 15.0. The van der Waals surface area contributed by atoms with Crippen LogP contribution in [0.5, 0.6) is 0 Å². The molecule has 2 aliphatic rings. The summed E-state index contributed by atoms with van der Waals surface area (Å²) in [6.07, 6.45) is 4.71. The predicted octanol–water partition coefficient (Wildman–Crippen LogP) is 3.36. The van der Waals surface area contributed by atoms with Gasteiger partial charge in [0.05, 0.1) is 5.56 Å². The molecule has 114 valence electrons. The van der Waals surface area contributed by atoms with Crippen LogP contribution in [-0.4, -0.2) is 36.5 Å². The number of carbonyl (C=O) groups excluding carboxylic acids is 1. The van der Waals surface area contributed by atoms with Gasteiger partial charge in [0, 0.05) is 17.1 Å². The Balaban J connectivity index is 1.75. The van der Waals surface area contributed by atoms with E-state index in [1.807, 2.05) is 25.1 Å². The normalized spacial score (nSPS) is 19.5. The molecule has 1 aliphatic carbocycles. The van der Waals surface area contributed by atoms with E-state index >= 15 is 0 Å². The maximum Gasteiger partial charge on any atom is 0.255 e. The Kier molecular flexibility index (Phi) is 4.65. The first kappa shape index (κ1) is 15.0. The molecule has 1 aliphatic heterocycles. The van der Waals surface area contributed by atoms with E-state index in [1.54, 1.807) is 0 Å². The summed E-state index contributed by atoms with van der Waals surface area (Å²) < 4.78 is 0.920. The van der Waals surface area contributed by atoms with E-state index in [0.29, 0.717) is 12.0 Å². The second-order valence-corrected chi connectivity index (χ2v) is 7.22. The monoisotopic (exact) mass is 350 g/mol. The number of amides is 1. The predicted molar refractivity (Wildman–Crippen MR) is 88.5 cm³/mol. The lowest BCUT2D eigenvalue weighted by atomic mass is 9.97. The summed E-state index contributed by atoms with van der Waals surface area (Å²) in [5, 5.41) is 3.40. The number of nitrogens with one attached hydrogen (secondary N) is 1. The molecule has 1 N–H and O–H groups in total. The topological polar surface area (TPSA) is 32.3 Å². The number of benzene rings is 1. The Bertz CT molecular complexity index is 522. The molecule has 4 heteroatoms. The Hall–Kier alpha value is -0.870. The summed E-state index contributed by atoms with van der Waals surface area (Å²) >= 11 is 3.55. The van der Waals surface area contributed by atoms with Crippen molar-refractivity contribution in [3.05, 3.63) is 33.8 Å². The van der Waals surface area contributed by atoms with Crippen molar-refractivity contribution >= 4 is 21.8 Å². The van der Waals surface area contributed by atoms with Crippen LogP contribution in [0.1, 0.15) is 41.6 Å². The number of halogens is 1. The van der Waals surface area contributed by atoms with Gasteiger partial charge in [0.15, 0.2) is 0 Å². The molecule has 1 saturated heterocycles. The fourth-order valence-corrected chi connectivity index (χ4v) is 3.74. The average molecular weight is 351 g/mol. The fourth-order valence-electron chi connectivity index (χ4n) is 3.07. The molecule has 2 fully saturated rings. The second kappa shape index (κ2) is 6.49. The molecule has 3 nitrogen and oxygen atoms in total. The van der Waals surface area contributed by atoms with Crippen LogP contribution in [0, 0.1) is 12.8 Å². The van der Waals surface area contributed by atoms with Gasteiger partial charge in [-0.1, -0.05) is 6.07 Å². The molecule has 0 radical (unpaired) electrons. The minimum atomic E-state index is 0.197. The third-order valence-electron chi connectivity index (χ3n) is 4.52. The molecule has 1 saturated carbocycles. The van der Waals surface area contributed by atoms with Crippen molar-refractivity contribution in [2.75, 3.05) is 19.6 Å². The first-order valence-electron chi connectivity index (χ1n) is 7.93. The molecule has 0 atom stereocenters. The Labute approximate surface area is 135 Å². The summed E-state index contributed by atoms with van der Waals surface area (Å²) in [7, 11) is 0. The lowest BCUT2D eigenvalue weighted by Crippen LogP contribution is -2.40. The minimum absolute atomic E-state index is 0.197. The van der Waals surface area contributed by atoms with Crippen molar-refractivity contribution in [3.8, 4) is 0 Å². The van der Waals surface area contributed by atoms with Crippen molar-refractivity contribution in [2.45, 2.75) is 38.6 Å². The molecule has 3 rings (SSSR count). The molecule has 21 heavy (non-hydrogen) atoms. The molecular formula is C17H23BrN2O. The average Bonchev–Trinajstić information content (AvgIpc) is 3.30. The maximum atomic E-state index is 12.9. The Morgan fingerprint density at radius 1 is 1.29 bits per heavy atom. The first-order valence-corrected chi connectivity index (χ1v) is 8.72. The van der Waals surface area contributed by atoms with Crippen LogP contribution in [0.3, 0.4) is 0 Å². The third kappa shape index (κ3) is 3.67. The highest BCUT2D eigenvalue weighted by Gasteiger charge is 2.35. The molecule has 0 unspecified atom stereocenters. The number of hydrogen-bond donors (Lipinski definition) is 1. The van der Waals surface area contributed by atoms with Crippen molar-refractivity contribution in [1.82, 2.24) is 10.2 Å². The van der Waals surface area contributed by atoms with Crippen molar-refractivity contribution in [2.24, 2.45) is 5.92 Å². The van der Waals surface area contributed by atoms with Gasteiger partial charge in [0.1, 0.15) is 0 Å². The molecule has 1 aromatic rings. The first-order chi connectivity index (χ1) is 10.1. The van der Waals surface area contributed by atoms with E-state index in [4.69, 9.17) is 0 Å². The summed E-state index contributed by atoms with van der Waals surface area (Å²) in [5.41, 5.74) is 1.98. The van der Waals surface area contributed by atoms with Crippen LogP contribution < -0.4 is 5.32 Å². The highest BCUT2D eigenvalue weighted by Crippen LogP contribution is 2.31. The lowest BCUT2D eigenvalue weighted by molar-refractivity contribution is 0.0700. The Morgan fingerprint density at radius 3 is 2.62 bits per heavy atom. The zero-order chi connectivity index (χ0) is 14.8. The molecular weight excluding hydrogens is 328 g/mol. The van der Waals surface area contributed by atoms with Crippen LogP contribution in [0.15, 0.2) is 22.7 Å². The SMILES string of the molecule is Cc1ccc(C(=O)N(CC2CCNCC2)C2CC2)c(Br)c1. The van der Waals surface area contributed by atoms with Gasteiger partial charge in [0.2, 0.25) is 0 Å². The highest BCUT2D eigenvalue weighted by molar-refractivity contribution is 9.10. The van der Waals surface area contributed by atoms with E-state index in [1.165, 1.54) is 31.2 Å². The third-order valence-corrected chi connectivity index (χ3v) is 5.17.